The van der Waals surface area contributed by atoms with Crippen LogP contribution in [0.25, 0.3) is 28.0 Å². The Bertz CT molecular complexity index is 1370. The van der Waals surface area contributed by atoms with Crippen LogP contribution in [-0.4, -0.2) is 28.7 Å². The highest BCUT2D eigenvalue weighted by Crippen LogP contribution is 2.31. The highest BCUT2D eigenvalue weighted by molar-refractivity contribution is 9.10. The number of anilines is 1. The summed E-state index contributed by atoms with van der Waals surface area (Å²) < 4.78 is 56.9. The van der Waals surface area contributed by atoms with E-state index in [1.807, 2.05) is 0 Å². The van der Waals surface area contributed by atoms with Gasteiger partial charge in [0.05, 0.1) is 17.1 Å². The van der Waals surface area contributed by atoms with E-state index >= 15 is 0 Å². The van der Waals surface area contributed by atoms with Crippen molar-refractivity contribution in [3.63, 3.8) is 0 Å². The maximum atomic E-state index is 14.4. The Kier molecular flexibility index (Phi) is 5.29. The molecule has 0 saturated carbocycles. The lowest BCUT2D eigenvalue weighted by molar-refractivity contribution is 0.585. The van der Waals surface area contributed by atoms with Gasteiger partial charge in [0.25, 0.3) is 0 Å². The minimum Gasteiger partial charge on any atom is -0.283 e. The maximum Gasteiger partial charge on any atom is 0.232 e. The molecule has 0 amide bonds. The van der Waals surface area contributed by atoms with Crippen molar-refractivity contribution in [2.45, 2.75) is 6.92 Å². The zero-order chi connectivity index (χ0) is 21.5. The summed E-state index contributed by atoms with van der Waals surface area (Å²) >= 11 is 3.35. The molecule has 30 heavy (non-hydrogen) atoms. The van der Waals surface area contributed by atoms with Crippen LogP contribution < -0.4 is 4.72 Å². The number of hydrogen-bond acceptors (Lipinski definition) is 4. The third kappa shape index (κ3) is 4.05. The minimum atomic E-state index is -3.57. The summed E-state index contributed by atoms with van der Waals surface area (Å²) in [7, 11) is -3.57. The second kappa shape index (κ2) is 7.77. The van der Waals surface area contributed by atoms with Gasteiger partial charge in [-0.25, -0.2) is 27.2 Å². The van der Waals surface area contributed by atoms with Gasteiger partial charge in [-0.15, -0.1) is 0 Å². The molecule has 4 rings (SSSR count). The number of aromatic nitrogens is 3. The van der Waals surface area contributed by atoms with Gasteiger partial charge < -0.3 is 0 Å². The van der Waals surface area contributed by atoms with E-state index < -0.39 is 21.7 Å². The van der Waals surface area contributed by atoms with Crippen LogP contribution in [0.4, 0.5) is 14.5 Å². The average molecular weight is 493 g/mol. The lowest BCUT2D eigenvalue weighted by Gasteiger charge is -2.13. The van der Waals surface area contributed by atoms with Crippen LogP contribution >= 0.6 is 15.9 Å². The molecule has 2 aromatic heterocycles. The Morgan fingerprint density at radius 1 is 1.10 bits per heavy atom. The van der Waals surface area contributed by atoms with E-state index in [4.69, 9.17) is 0 Å². The molecule has 0 bridgehead atoms. The molecular weight excluding hydrogens is 478 g/mol. The first kappa shape index (κ1) is 20.4. The quantitative estimate of drug-likeness (QED) is 0.430. The summed E-state index contributed by atoms with van der Waals surface area (Å²) in [5, 5.41) is 0. The molecular formula is C20H15BrF2N4O2S. The fourth-order valence-corrected chi connectivity index (χ4v) is 3.95. The van der Waals surface area contributed by atoms with E-state index in [-0.39, 0.29) is 17.0 Å². The number of pyridine rings is 1. The van der Waals surface area contributed by atoms with Gasteiger partial charge in [0, 0.05) is 22.3 Å². The van der Waals surface area contributed by atoms with E-state index in [2.05, 4.69) is 30.6 Å². The molecule has 0 unspecified atom stereocenters. The normalized spacial score (nSPS) is 11.7. The molecule has 0 aliphatic rings. The van der Waals surface area contributed by atoms with Gasteiger partial charge in [0.2, 0.25) is 10.0 Å². The van der Waals surface area contributed by atoms with Crippen molar-refractivity contribution in [2.24, 2.45) is 0 Å². The lowest BCUT2D eigenvalue weighted by Crippen LogP contribution is -2.15. The highest BCUT2D eigenvalue weighted by atomic mass is 79.9. The van der Waals surface area contributed by atoms with Crippen molar-refractivity contribution in [2.75, 3.05) is 10.5 Å². The van der Waals surface area contributed by atoms with Gasteiger partial charge in [-0.05, 0) is 64.8 Å². The number of fused-ring (bicyclic) bond motifs is 1. The minimum absolute atomic E-state index is 0.124. The molecule has 10 heteroatoms. The third-order valence-corrected chi connectivity index (χ3v) is 6.19. The van der Waals surface area contributed by atoms with Gasteiger partial charge in [-0.3, -0.25) is 9.29 Å². The van der Waals surface area contributed by atoms with E-state index in [9.17, 15) is 17.2 Å². The molecule has 154 valence electrons. The Balaban J connectivity index is 1.93. The monoisotopic (exact) mass is 492 g/mol. The second-order valence-corrected chi connectivity index (χ2v) is 9.44. The highest BCUT2D eigenvalue weighted by Gasteiger charge is 2.15. The molecule has 0 spiro atoms. The van der Waals surface area contributed by atoms with Crippen molar-refractivity contribution in [3.8, 4) is 16.8 Å². The predicted octanol–water partition coefficient (Wildman–Crippen LogP) is 4.89. The van der Waals surface area contributed by atoms with Gasteiger partial charge in [0.1, 0.15) is 23.5 Å². The lowest BCUT2D eigenvalue weighted by atomic mass is 10.0. The van der Waals surface area contributed by atoms with E-state index in [1.165, 1.54) is 19.1 Å². The van der Waals surface area contributed by atoms with Crippen molar-refractivity contribution >= 4 is 42.8 Å². The van der Waals surface area contributed by atoms with Crippen molar-refractivity contribution in [1.29, 1.82) is 0 Å². The topological polar surface area (TPSA) is 76.9 Å². The first-order valence-corrected chi connectivity index (χ1v) is 11.3. The molecule has 2 aromatic carbocycles. The van der Waals surface area contributed by atoms with E-state index in [0.29, 0.717) is 22.4 Å². The van der Waals surface area contributed by atoms with E-state index in [1.54, 1.807) is 35.3 Å². The molecule has 1 N–H and O–H groups in total. The SMILES string of the molecule is CCS(=O)(=O)Nc1cc(-c2ccc(F)cc2F)cc(-n2cnc3cc(Br)cnc32)c1. The molecule has 0 aliphatic carbocycles. The summed E-state index contributed by atoms with van der Waals surface area (Å²) in [4.78, 5) is 8.68. The number of hydrogen-bond donors (Lipinski definition) is 1. The fraction of sp³-hybridized carbons (Fsp3) is 0.100. The molecule has 0 aliphatic heterocycles. The fourth-order valence-electron chi connectivity index (χ4n) is 3.01. The largest absolute Gasteiger partial charge is 0.283 e. The maximum absolute atomic E-state index is 14.4. The summed E-state index contributed by atoms with van der Waals surface area (Å²) in [6.07, 6.45) is 3.16. The Morgan fingerprint density at radius 3 is 2.63 bits per heavy atom. The molecule has 2 heterocycles. The van der Waals surface area contributed by atoms with Gasteiger partial charge in [0.15, 0.2) is 5.65 Å². The van der Waals surface area contributed by atoms with Crippen LogP contribution in [0.3, 0.4) is 0 Å². The van der Waals surface area contributed by atoms with Crippen molar-refractivity contribution < 1.29 is 17.2 Å². The van der Waals surface area contributed by atoms with Crippen LogP contribution in [0.5, 0.6) is 0 Å². The Morgan fingerprint density at radius 2 is 1.90 bits per heavy atom. The Hall–Kier alpha value is -2.85. The van der Waals surface area contributed by atoms with Crippen LogP contribution in [0.2, 0.25) is 0 Å². The number of imidazole rings is 1. The van der Waals surface area contributed by atoms with Gasteiger partial charge in [-0.1, -0.05) is 0 Å². The molecule has 0 saturated heterocycles. The Labute approximate surface area is 179 Å². The number of sulfonamides is 1. The molecule has 4 aromatic rings. The zero-order valence-corrected chi connectivity index (χ0v) is 18.0. The molecule has 0 fully saturated rings. The summed E-state index contributed by atoms with van der Waals surface area (Å²) in [6, 6.07) is 9.78. The first-order valence-electron chi connectivity index (χ1n) is 8.86. The first-order chi connectivity index (χ1) is 14.3. The second-order valence-electron chi connectivity index (χ2n) is 6.51. The number of nitrogens with zero attached hydrogens (tertiary/aromatic N) is 3. The van der Waals surface area contributed by atoms with Crippen molar-refractivity contribution in [1.82, 2.24) is 14.5 Å². The third-order valence-electron chi connectivity index (χ3n) is 4.45. The molecule has 0 atom stereocenters. The predicted molar refractivity (Wildman–Crippen MR) is 115 cm³/mol. The summed E-state index contributed by atoms with van der Waals surface area (Å²) in [6.45, 7) is 1.51. The standard InChI is InChI=1S/C20H15BrF2N4O2S/c1-2-30(28,29)26-15-5-12(17-4-3-14(22)8-18(17)23)6-16(9-15)27-11-25-19-7-13(21)10-24-20(19)27/h3-11,26H,2H2,1H3. The van der Waals surface area contributed by atoms with Crippen LogP contribution in [0.15, 0.2) is 59.5 Å². The number of halogens is 3. The van der Waals surface area contributed by atoms with Crippen LogP contribution in [0, 0.1) is 11.6 Å². The molecule has 0 radical (unpaired) electrons. The zero-order valence-electron chi connectivity index (χ0n) is 15.6. The smallest absolute Gasteiger partial charge is 0.232 e. The number of rotatable bonds is 5. The van der Waals surface area contributed by atoms with E-state index in [0.717, 1.165) is 16.6 Å². The van der Waals surface area contributed by atoms with Gasteiger partial charge >= 0.3 is 0 Å². The van der Waals surface area contributed by atoms with Crippen LogP contribution in [0.1, 0.15) is 6.92 Å². The van der Waals surface area contributed by atoms with Gasteiger partial charge in [-0.2, -0.15) is 0 Å². The summed E-state index contributed by atoms with van der Waals surface area (Å²) in [5.41, 5.74) is 2.43. The number of benzene rings is 2. The van der Waals surface area contributed by atoms with Crippen LogP contribution in [-0.2, 0) is 10.0 Å². The average Bonchev–Trinajstić information content (AvgIpc) is 3.10. The summed E-state index contributed by atoms with van der Waals surface area (Å²) in [5.74, 6) is -1.58. The molecule has 6 nitrogen and oxygen atoms in total. The van der Waals surface area contributed by atoms with Crippen molar-refractivity contribution in [3.05, 3.63) is 71.1 Å². The number of nitrogens with one attached hydrogen (secondary N) is 1.